The van der Waals surface area contributed by atoms with Gasteiger partial charge in [-0.2, -0.15) is 0 Å². The molecule has 0 aliphatic carbocycles. The van der Waals surface area contributed by atoms with Crippen LogP contribution >= 0.6 is 11.3 Å². The van der Waals surface area contributed by atoms with Gasteiger partial charge >= 0.3 is 0 Å². The van der Waals surface area contributed by atoms with Gasteiger partial charge in [0, 0.05) is 30.7 Å². The molecule has 2 aromatic heterocycles. The van der Waals surface area contributed by atoms with Crippen LogP contribution in [0.5, 0.6) is 0 Å². The van der Waals surface area contributed by atoms with Gasteiger partial charge in [-0.3, -0.25) is 14.6 Å². The van der Waals surface area contributed by atoms with E-state index in [1.165, 1.54) is 10.4 Å². The number of hydrogen-bond acceptors (Lipinski definition) is 4. The first kappa shape index (κ1) is 22.0. The molecule has 1 aliphatic heterocycles. The number of piperidine rings is 1. The number of carbonyl (C=O) groups excluding carboxylic acids is 2. The monoisotopic (exact) mass is 445 g/mol. The molecule has 32 heavy (non-hydrogen) atoms. The summed E-state index contributed by atoms with van der Waals surface area (Å²) >= 11 is 1.71. The van der Waals surface area contributed by atoms with Gasteiger partial charge in [-0.25, -0.2) is 0 Å². The van der Waals surface area contributed by atoms with Gasteiger partial charge in [0.15, 0.2) is 0 Å². The number of carbonyl (C=O) groups is 2. The van der Waals surface area contributed by atoms with E-state index in [1.807, 2.05) is 17.0 Å². The molecule has 164 valence electrons. The normalized spacial score (nSPS) is 15.2. The molecule has 1 fully saturated rings. The SMILES string of the molecule is C=CCNC(=O)C1(Cc2cccc(-c3cccs3)c2)CCN(C(=O)c2ccccn2)CC1. The van der Waals surface area contributed by atoms with Crippen molar-refractivity contribution in [2.45, 2.75) is 19.3 Å². The highest BCUT2D eigenvalue weighted by Crippen LogP contribution is 2.37. The van der Waals surface area contributed by atoms with Gasteiger partial charge in [0.05, 0.1) is 5.41 Å². The summed E-state index contributed by atoms with van der Waals surface area (Å²) in [5, 5.41) is 5.08. The molecule has 4 rings (SSSR count). The van der Waals surface area contributed by atoms with Gasteiger partial charge in [0.25, 0.3) is 5.91 Å². The quantitative estimate of drug-likeness (QED) is 0.542. The van der Waals surface area contributed by atoms with E-state index in [2.05, 4.69) is 52.6 Å². The molecule has 0 unspecified atom stereocenters. The van der Waals surface area contributed by atoms with Crippen LogP contribution in [0.25, 0.3) is 10.4 Å². The maximum atomic E-state index is 13.3. The van der Waals surface area contributed by atoms with Crippen LogP contribution in [0.4, 0.5) is 0 Å². The highest BCUT2D eigenvalue weighted by Gasteiger charge is 2.42. The van der Waals surface area contributed by atoms with Crippen LogP contribution in [0.3, 0.4) is 0 Å². The van der Waals surface area contributed by atoms with Gasteiger partial charge in [-0.15, -0.1) is 17.9 Å². The molecule has 3 heterocycles. The minimum Gasteiger partial charge on any atom is -0.352 e. The van der Waals surface area contributed by atoms with E-state index >= 15 is 0 Å². The number of likely N-dealkylation sites (tertiary alicyclic amines) is 1. The van der Waals surface area contributed by atoms with Crippen molar-refractivity contribution in [3.05, 3.63) is 90.1 Å². The van der Waals surface area contributed by atoms with Gasteiger partial charge < -0.3 is 10.2 Å². The molecular formula is C26H27N3O2S. The van der Waals surface area contributed by atoms with Crippen LogP contribution in [0.2, 0.25) is 0 Å². The Bertz CT molecular complexity index is 1070. The van der Waals surface area contributed by atoms with E-state index in [0.29, 0.717) is 44.6 Å². The highest BCUT2D eigenvalue weighted by atomic mass is 32.1. The first-order valence-corrected chi connectivity index (χ1v) is 11.7. The van der Waals surface area contributed by atoms with E-state index in [4.69, 9.17) is 0 Å². The Balaban J connectivity index is 1.54. The Hall–Kier alpha value is -3.25. The number of pyridine rings is 1. The molecule has 0 radical (unpaired) electrons. The largest absolute Gasteiger partial charge is 0.352 e. The van der Waals surface area contributed by atoms with E-state index in [0.717, 1.165) is 5.56 Å². The standard InChI is InChI=1S/C26H27N3O2S/c1-2-13-28-25(31)26(19-20-7-5-8-21(18-20)23-10-6-17-32-23)11-15-29(16-12-26)24(30)22-9-3-4-14-27-22/h2-10,14,17-18H,1,11-13,15-16,19H2,(H,28,31). The number of thiophene rings is 1. The summed E-state index contributed by atoms with van der Waals surface area (Å²) in [6.45, 7) is 5.22. The van der Waals surface area contributed by atoms with Crippen molar-refractivity contribution in [2.24, 2.45) is 5.41 Å². The van der Waals surface area contributed by atoms with E-state index in [1.54, 1.807) is 35.7 Å². The third-order valence-electron chi connectivity index (χ3n) is 6.06. The van der Waals surface area contributed by atoms with Crippen molar-refractivity contribution in [2.75, 3.05) is 19.6 Å². The number of hydrogen-bond donors (Lipinski definition) is 1. The molecular weight excluding hydrogens is 418 g/mol. The summed E-state index contributed by atoms with van der Waals surface area (Å²) in [5.74, 6) is -0.0470. The maximum Gasteiger partial charge on any atom is 0.272 e. The van der Waals surface area contributed by atoms with Crippen LogP contribution in [-0.4, -0.2) is 41.3 Å². The fourth-order valence-corrected chi connectivity index (χ4v) is 5.02. The van der Waals surface area contributed by atoms with E-state index in [9.17, 15) is 9.59 Å². The van der Waals surface area contributed by atoms with Crippen LogP contribution in [-0.2, 0) is 11.2 Å². The van der Waals surface area contributed by atoms with Gasteiger partial charge in [0.2, 0.25) is 5.91 Å². The fraction of sp³-hybridized carbons (Fsp3) is 0.269. The Morgan fingerprint density at radius 1 is 1.12 bits per heavy atom. The van der Waals surface area contributed by atoms with Gasteiger partial charge in [-0.05, 0) is 54.0 Å². The lowest BCUT2D eigenvalue weighted by atomic mass is 9.72. The average molecular weight is 446 g/mol. The second-order valence-electron chi connectivity index (χ2n) is 8.14. The Morgan fingerprint density at radius 2 is 1.97 bits per heavy atom. The molecule has 1 N–H and O–H groups in total. The number of nitrogens with zero attached hydrogens (tertiary/aromatic N) is 2. The molecule has 6 heteroatoms. The molecule has 0 bridgehead atoms. The summed E-state index contributed by atoms with van der Waals surface area (Å²) in [4.78, 5) is 33.3. The zero-order valence-electron chi connectivity index (χ0n) is 18.0. The third-order valence-corrected chi connectivity index (χ3v) is 6.97. The first-order chi connectivity index (χ1) is 15.6. The molecule has 0 saturated carbocycles. The Labute approximate surface area is 192 Å². The number of rotatable bonds is 7. The first-order valence-electron chi connectivity index (χ1n) is 10.8. The molecule has 5 nitrogen and oxygen atoms in total. The molecule has 2 amide bonds. The summed E-state index contributed by atoms with van der Waals surface area (Å²) < 4.78 is 0. The highest BCUT2D eigenvalue weighted by molar-refractivity contribution is 7.13. The van der Waals surface area contributed by atoms with E-state index < -0.39 is 5.41 Å². The lowest BCUT2D eigenvalue weighted by Gasteiger charge is -2.40. The molecule has 1 aromatic carbocycles. The topological polar surface area (TPSA) is 62.3 Å². The minimum atomic E-state index is -0.558. The third kappa shape index (κ3) is 4.81. The van der Waals surface area contributed by atoms with Crippen molar-refractivity contribution in [1.82, 2.24) is 15.2 Å². The van der Waals surface area contributed by atoms with E-state index in [-0.39, 0.29) is 11.8 Å². The lowest BCUT2D eigenvalue weighted by Crippen LogP contribution is -2.51. The number of nitrogens with one attached hydrogen (secondary N) is 1. The smallest absolute Gasteiger partial charge is 0.272 e. The van der Waals surface area contributed by atoms with Gasteiger partial charge in [-0.1, -0.05) is 42.5 Å². The zero-order chi connectivity index (χ0) is 22.4. The molecule has 3 aromatic rings. The maximum absolute atomic E-state index is 13.3. The second-order valence-corrected chi connectivity index (χ2v) is 9.09. The van der Waals surface area contributed by atoms with Crippen molar-refractivity contribution < 1.29 is 9.59 Å². The van der Waals surface area contributed by atoms with Crippen LogP contribution < -0.4 is 5.32 Å². The van der Waals surface area contributed by atoms with Crippen LogP contribution in [0, 0.1) is 5.41 Å². The summed E-state index contributed by atoms with van der Waals surface area (Å²) in [6, 6.07) is 17.9. The second kappa shape index (κ2) is 9.92. The predicted molar refractivity (Wildman–Crippen MR) is 128 cm³/mol. The van der Waals surface area contributed by atoms with Crippen LogP contribution in [0.1, 0.15) is 28.9 Å². The number of benzene rings is 1. The van der Waals surface area contributed by atoms with Crippen LogP contribution in [0.15, 0.2) is 78.8 Å². The Kier molecular flexibility index (Phi) is 6.81. The minimum absolute atomic E-state index is 0.0314. The van der Waals surface area contributed by atoms with Crippen molar-refractivity contribution in [3.63, 3.8) is 0 Å². The Morgan fingerprint density at radius 3 is 2.66 bits per heavy atom. The van der Waals surface area contributed by atoms with Crippen molar-refractivity contribution in [3.8, 4) is 10.4 Å². The number of aromatic nitrogens is 1. The predicted octanol–water partition coefficient (Wildman–Crippen LogP) is 4.58. The molecule has 0 spiro atoms. The number of amides is 2. The zero-order valence-corrected chi connectivity index (χ0v) is 18.8. The molecule has 1 aliphatic rings. The fourth-order valence-electron chi connectivity index (χ4n) is 4.29. The average Bonchev–Trinajstić information content (AvgIpc) is 3.38. The molecule has 0 atom stereocenters. The van der Waals surface area contributed by atoms with Crippen molar-refractivity contribution in [1.29, 1.82) is 0 Å². The summed E-state index contributed by atoms with van der Waals surface area (Å²) in [6.07, 6.45) is 5.18. The van der Waals surface area contributed by atoms with Crippen molar-refractivity contribution >= 4 is 23.2 Å². The van der Waals surface area contributed by atoms with Gasteiger partial charge in [0.1, 0.15) is 5.69 Å². The summed E-state index contributed by atoms with van der Waals surface area (Å²) in [7, 11) is 0. The lowest BCUT2D eigenvalue weighted by molar-refractivity contribution is -0.133. The summed E-state index contributed by atoms with van der Waals surface area (Å²) in [5.41, 5.74) is 2.19. The molecule has 1 saturated heterocycles.